The van der Waals surface area contributed by atoms with Gasteiger partial charge in [0.15, 0.2) is 17.7 Å². The second-order valence-corrected chi connectivity index (χ2v) is 10.3. The number of rotatable bonds is 11. The van der Waals surface area contributed by atoms with E-state index in [0.717, 1.165) is 12.1 Å². The van der Waals surface area contributed by atoms with Gasteiger partial charge in [-0.3, -0.25) is 9.99 Å². The van der Waals surface area contributed by atoms with Gasteiger partial charge in [0.1, 0.15) is 30.0 Å². The van der Waals surface area contributed by atoms with Crippen molar-refractivity contribution >= 4 is 12.2 Å². The Bertz CT molecular complexity index is 1730. The van der Waals surface area contributed by atoms with Gasteiger partial charge in [0.2, 0.25) is 0 Å². The number of alkyl halides is 3. The third kappa shape index (κ3) is 7.00. The van der Waals surface area contributed by atoms with Crippen LogP contribution in [0.1, 0.15) is 41.9 Å². The predicted molar refractivity (Wildman–Crippen MR) is 154 cm³/mol. The second kappa shape index (κ2) is 13.6. The minimum Gasteiger partial charge on any atom is -0.494 e. The van der Waals surface area contributed by atoms with Crippen LogP contribution in [-0.2, 0) is 22.3 Å². The first kappa shape index (κ1) is 32.5. The number of aliphatic hydroxyl groups excluding tert-OH is 2. The highest BCUT2D eigenvalue weighted by Crippen LogP contribution is 2.39. The molecule has 5 rings (SSSR count). The van der Waals surface area contributed by atoms with Crippen LogP contribution in [0, 0.1) is 11.6 Å². The Morgan fingerprint density at radius 2 is 1.93 bits per heavy atom. The average Bonchev–Trinajstić information content (AvgIpc) is 3.47. The maximum absolute atomic E-state index is 14.4. The van der Waals surface area contributed by atoms with Gasteiger partial charge < -0.3 is 24.7 Å². The van der Waals surface area contributed by atoms with E-state index in [1.165, 1.54) is 53.8 Å². The molecule has 0 saturated carbocycles. The monoisotopic (exact) mass is 645 g/mol. The van der Waals surface area contributed by atoms with E-state index in [9.17, 15) is 31.9 Å². The summed E-state index contributed by atoms with van der Waals surface area (Å²) in [7, 11) is 0. The summed E-state index contributed by atoms with van der Waals surface area (Å²) in [6.07, 6.45) is -2.96. The van der Waals surface area contributed by atoms with Crippen LogP contribution in [0.5, 0.6) is 5.75 Å². The minimum atomic E-state index is -4.71. The first-order valence-electron chi connectivity index (χ1n) is 14.1. The Kier molecular flexibility index (Phi) is 9.63. The number of esters is 1. The molecule has 0 amide bonds. The molecule has 2 aromatic heterocycles. The van der Waals surface area contributed by atoms with E-state index in [-0.39, 0.29) is 47.1 Å². The van der Waals surface area contributed by atoms with Gasteiger partial charge in [-0.05, 0) is 42.8 Å². The number of aliphatic hydroxyl groups is 2. The highest BCUT2D eigenvalue weighted by molar-refractivity contribution is 5.82. The van der Waals surface area contributed by atoms with Crippen molar-refractivity contribution in [3.63, 3.8) is 0 Å². The van der Waals surface area contributed by atoms with Crippen molar-refractivity contribution in [3.8, 4) is 28.4 Å². The summed E-state index contributed by atoms with van der Waals surface area (Å²) in [6, 6.07) is 8.60. The van der Waals surface area contributed by atoms with Crippen LogP contribution in [0.3, 0.4) is 0 Å². The summed E-state index contributed by atoms with van der Waals surface area (Å²) in [4.78, 5) is 24.7. The maximum Gasteiger partial charge on any atom is 0.417 e. The summed E-state index contributed by atoms with van der Waals surface area (Å²) in [5, 5.41) is 24.4. The fraction of sp³-hybridized carbons (Fsp3) is 0.290. The van der Waals surface area contributed by atoms with Crippen molar-refractivity contribution < 1.29 is 46.4 Å². The molecule has 1 aliphatic rings. The van der Waals surface area contributed by atoms with E-state index < -0.39 is 54.7 Å². The third-order valence-electron chi connectivity index (χ3n) is 6.96. The number of hydrogen-bond acceptors (Lipinski definition) is 9. The topological polar surface area (TPSA) is 133 Å². The van der Waals surface area contributed by atoms with Crippen molar-refractivity contribution in [1.29, 1.82) is 0 Å². The molecule has 4 aromatic rings. The quantitative estimate of drug-likeness (QED) is 0.153. The Morgan fingerprint density at radius 3 is 2.63 bits per heavy atom. The van der Waals surface area contributed by atoms with E-state index in [1.807, 2.05) is 6.92 Å². The highest BCUT2D eigenvalue weighted by Gasteiger charge is 2.36. The molecule has 1 aliphatic heterocycles. The summed E-state index contributed by atoms with van der Waals surface area (Å²) >= 11 is 0. The van der Waals surface area contributed by atoms with Crippen LogP contribution in [0.25, 0.3) is 22.6 Å². The van der Waals surface area contributed by atoms with E-state index in [1.54, 1.807) is 0 Å². The van der Waals surface area contributed by atoms with Gasteiger partial charge in [-0.15, -0.1) is 0 Å². The summed E-state index contributed by atoms with van der Waals surface area (Å²) in [5.41, 5.74) is -0.424. The molecule has 0 spiro atoms. The SMILES string of the molecule is CCCOc1ccc(-c2ccc(C(C(=O)OCC(O)CO)N3Cc4[nH]c(-c5cccc(F)c5F)nc4C=N3)cn2)c(C(F)(F)F)c1. The van der Waals surface area contributed by atoms with Crippen LogP contribution in [-0.4, -0.2) is 68.3 Å². The van der Waals surface area contributed by atoms with E-state index in [4.69, 9.17) is 14.6 Å². The number of hydrogen-bond donors (Lipinski definition) is 3. The first-order chi connectivity index (χ1) is 22.0. The fourth-order valence-corrected chi connectivity index (χ4v) is 4.71. The zero-order valence-electron chi connectivity index (χ0n) is 24.3. The van der Waals surface area contributed by atoms with Gasteiger partial charge in [0.05, 0.1) is 48.5 Å². The van der Waals surface area contributed by atoms with Crippen molar-refractivity contribution in [2.24, 2.45) is 5.10 Å². The van der Waals surface area contributed by atoms with E-state index in [0.29, 0.717) is 17.8 Å². The molecule has 10 nitrogen and oxygen atoms in total. The minimum absolute atomic E-state index is 0.0260. The lowest BCUT2D eigenvalue weighted by Crippen LogP contribution is -2.35. The Hall–Kier alpha value is -4.89. The van der Waals surface area contributed by atoms with E-state index >= 15 is 0 Å². The molecule has 0 bridgehead atoms. The number of ether oxygens (including phenoxy) is 2. The zero-order chi connectivity index (χ0) is 33.0. The number of hydrazone groups is 1. The molecule has 0 aliphatic carbocycles. The number of carbonyl (C=O) groups is 1. The van der Waals surface area contributed by atoms with E-state index in [2.05, 4.69) is 20.1 Å². The number of halogens is 5. The maximum atomic E-state index is 14.4. The predicted octanol–water partition coefficient (Wildman–Crippen LogP) is 5.01. The molecule has 0 fully saturated rings. The number of aromatic amines is 1. The summed E-state index contributed by atoms with van der Waals surface area (Å²) in [5.74, 6) is -2.99. The Labute approximate surface area is 259 Å². The zero-order valence-corrected chi connectivity index (χ0v) is 24.3. The van der Waals surface area contributed by atoms with Gasteiger partial charge >= 0.3 is 12.1 Å². The number of benzene rings is 2. The number of nitrogens with one attached hydrogen (secondary N) is 1. The summed E-state index contributed by atoms with van der Waals surface area (Å²) < 4.78 is 80.8. The lowest BCUT2D eigenvalue weighted by molar-refractivity contribution is -0.154. The van der Waals surface area contributed by atoms with Crippen molar-refractivity contribution in [1.82, 2.24) is 20.0 Å². The van der Waals surface area contributed by atoms with Crippen LogP contribution in [0.4, 0.5) is 22.0 Å². The number of H-pyrrole nitrogens is 1. The number of nitrogens with zero attached hydrogens (tertiary/aromatic N) is 4. The number of aromatic nitrogens is 3. The van der Waals surface area contributed by atoms with Crippen LogP contribution >= 0.6 is 0 Å². The molecule has 3 N–H and O–H groups in total. The number of pyridine rings is 1. The molecule has 2 aromatic carbocycles. The lowest BCUT2D eigenvalue weighted by atomic mass is 10.0. The largest absolute Gasteiger partial charge is 0.494 e. The molecular formula is C31H28F5N5O5. The van der Waals surface area contributed by atoms with Crippen LogP contribution in [0.2, 0.25) is 0 Å². The normalized spacial score (nSPS) is 14.1. The molecule has 3 heterocycles. The third-order valence-corrected chi connectivity index (χ3v) is 6.96. The molecule has 0 saturated heterocycles. The smallest absolute Gasteiger partial charge is 0.417 e. The Morgan fingerprint density at radius 1 is 1.13 bits per heavy atom. The first-order valence-corrected chi connectivity index (χ1v) is 14.1. The molecule has 0 radical (unpaired) electrons. The molecule has 2 atom stereocenters. The van der Waals surface area contributed by atoms with Crippen molar-refractivity contribution in [3.05, 3.63) is 88.9 Å². The molecule has 242 valence electrons. The molecule has 15 heteroatoms. The molecular weight excluding hydrogens is 617 g/mol. The standard InChI is InChI=1S/C31H28F5N5O5/c1-2-10-45-19-7-8-20(22(11-19)31(34,35)36)24-9-6-17(12-37-24)28(30(44)46-16-18(43)15-42)41-14-26-25(13-38-41)39-29(40-26)21-4-3-5-23(32)27(21)33/h3-9,11-13,18,28,42-43H,2,10,14-16H2,1H3,(H,39,40). The fourth-order valence-electron chi connectivity index (χ4n) is 4.71. The molecule has 2 unspecified atom stereocenters. The lowest BCUT2D eigenvalue weighted by Gasteiger charge is -2.29. The second-order valence-electron chi connectivity index (χ2n) is 10.3. The Balaban J connectivity index is 1.46. The number of fused-ring (bicyclic) bond motifs is 1. The molecule has 46 heavy (non-hydrogen) atoms. The van der Waals surface area contributed by atoms with Crippen LogP contribution < -0.4 is 4.74 Å². The van der Waals surface area contributed by atoms with Gasteiger partial charge in [-0.1, -0.05) is 19.1 Å². The number of carbonyl (C=O) groups excluding carboxylic acids is 1. The highest BCUT2D eigenvalue weighted by atomic mass is 19.4. The van der Waals surface area contributed by atoms with Crippen molar-refractivity contribution in [2.75, 3.05) is 19.8 Å². The van der Waals surface area contributed by atoms with Gasteiger partial charge in [0, 0.05) is 17.3 Å². The van der Waals surface area contributed by atoms with Crippen LogP contribution in [0.15, 0.2) is 59.8 Å². The summed E-state index contributed by atoms with van der Waals surface area (Å²) in [6.45, 7) is 0.762. The van der Waals surface area contributed by atoms with Gasteiger partial charge in [-0.2, -0.15) is 18.3 Å². The van der Waals surface area contributed by atoms with Crippen molar-refractivity contribution in [2.45, 2.75) is 38.2 Å². The van der Waals surface area contributed by atoms with Gasteiger partial charge in [-0.25, -0.2) is 18.6 Å². The van der Waals surface area contributed by atoms with Gasteiger partial charge in [0.25, 0.3) is 0 Å². The number of imidazole rings is 1. The average molecular weight is 646 g/mol.